The summed E-state index contributed by atoms with van der Waals surface area (Å²) in [6.45, 7) is 6.18. The van der Waals surface area contributed by atoms with Gasteiger partial charge in [-0.15, -0.1) is 0 Å². The molecule has 0 heterocycles. The van der Waals surface area contributed by atoms with Crippen molar-refractivity contribution in [3.63, 3.8) is 0 Å². The zero-order chi connectivity index (χ0) is 19.9. The summed E-state index contributed by atoms with van der Waals surface area (Å²) in [5.74, 6) is 2.41. The second-order valence-electron chi connectivity index (χ2n) is 10.1. The zero-order valence-electron chi connectivity index (χ0n) is 17.4. The summed E-state index contributed by atoms with van der Waals surface area (Å²) in [5, 5.41) is 6.28. The Kier molecular flexibility index (Phi) is 5.24. The molecule has 4 fully saturated rings. The third-order valence-corrected chi connectivity index (χ3v) is 7.63. The number of rotatable bonds is 6. The first-order chi connectivity index (χ1) is 13.4. The lowest BCUT2D eigenvalue weighted by Gasteiger charge is -2.59. The van der Waals surface area contributed by atoms with Gasteiger partial charge in [0.1, 0.15) is 6.04 Å². The van der Waals surface area contributed by atoms with Gasteiger partial charge in [-0.05, 0) is 86.7 Å². The second-order valence-corrected chi connectivity index (χ2v) is 10.1. The van der Waals surface area contributed by atoms with Crippen LogP contribution in [-0.2, 0) is 4.79 Å². The van der Waals surface area contributed by atoms with Crippen LogP contribution >= 0.6 is 0 Å². The molecule has 4 heteroatoms. The third-order valence-electron chi connectivity index (χ3n) is 7.63. The van der Waals surface area contributed by atoms with Crippen LogP contribution in [0.5, 0.6) is 0 Å². The minimum absolute atomic E-state index is 0.0382. The van der Waals surface area contributed by atoms with Crippen molar-refractivity contribution in [3.05, 3.63) is 35.9 Å². The van der Waals surface area contributed by atoms with Crippen molar-refractivity contribution in [2.75, 3.05) is 0 Å². The molecule has 1 unspecified atom stereocenters. The number of amides is 2. The Hall–Kier alpha value is -1.84. The van der Waals surface area contributed by atoms with E-state index in [9.17, 15) is 9.59 Å². The summed E-state index contributed by atoms with van der Waals surface area (Å²) >= 11 is 0. The molecule has 2 N–H and O–H groups in total. The van der Waals surface area contributed by atoms with Gasteiger partial charge in [-0.1, -0.05) is 32.0 Å². The zero-order valence-corrected chi connectivity index (χ0v) is 17.4. The van der Waals surface area contributed by atoms with Gasteiger partial charge in [0.15, 0.2) is 0 Å². The van der Waals surface area contributed by atoms with Crippen LogP contribution < -0.4 is 10.6 Å². The molecule has 1 aromatic rings. The monoisotopic (exact) mass is 382 g/mol. The third kappa shape index (κ3) is 3.70. The summed E-state index contributed by atoms with van der Waals surface area (Å²) in [7, 11) is 0. The van der Waals surface area contributed by atoms with Crippen molar-refractivity contribution in [1.82, 2.24) is 10.6 Å². The Labute approximate surface area is 168 Å². The molecule has 4 bridgehead atoms. The Morgan fingerprint density at radius 2 is 1.43 bits per heavy atom. The minimum atomic E-state index is -0.510. The molecule has 2 atom stereocenters. The molecule has 4 aliphatic carbocycles. The SMILES string of the molecule is CC(C)[C@@H](NC(=O)c1ccccc1)C(=O)NC(C)C12CC3CC(CC(C3)C1)C2. The Bertz CT molecular complexity index is 692. The smallest absolute Gasteiger partial charge is 0.251 e. The van der Waals surface area contributed by atoms with Crippen molar-refractivity contribution in [2.45, 2.75) is 71.4 Å². The average Bonchev–Trinajstić information content (AvgIpc) is 2.65. The number of benzene rings is 1. The van der Waals surface area contributed by atoms with Gasteiger partial charge in [-0.25, -0.2) is 0 Å². The largest absolute Gasteiger partial charge is 0.351 e. The van der Waals surface area contributed by atoms with Gasteiger partial charge in [0.05, 0.1) is 0 Å². The molecular weight excluding hydrogens is 348 g/mol. The van der Waals surface area contributed by atoms with Crippen LogP contribution in [0, 0.1) is 29.1 Å². The van der Waals surface area contributed by atoms with Crippen LogP contribution in [0.15, 0.2) is 30.3 Å². The maximum Gasteiger partial charge on any atom is 0.251 e. The molecule has 0 spiro atoms. The number of hydrogen-bond donors (Lipinski definition) is 2. The van der Waals surface area contributed by atoms with Crippen molar-refractivity contribution in [2.24, 2.45) is 29.1 Å². The molecule has 0 aromatic heterocycles. The number of nitrogens with one attached hydrogen (secondary N) is 2. The predicted octanol–water partition coefficient (Wildman–Crippen LogP) is 4.16. The van der Waals surface area contributed by atoms with E-state index in [1.54, 1.807) is 12.1 Å². The van der Waals surface area contributed by atoms with E-state index in [1.807, 2.05) is 32.0 Å². The summed E-state index contributed by atoms with van der Waals surface area (Å²) in [6, 6.07) is 8.79. The molecule has 2 amide bonds. The first kappa shape index (κ1) is 19.5. The van der Waals surface area contributed by atoms with Gasteiger partial charge in [0.2, 0.25) is 5.91 Å². The van der Waals surface area contributed by atoms with Gasteiger partial charge >= 0.3 is 0 Å². The van der Waals surface area contributed by atoms with Gasteiger partial charge in [-0.2, -0.15) is 0 Å². The minimum Gasteiger partial charge on any atom is -0.351 e. The second kappa shape index (κ2) is 7.53. The molecule has 4 aliphatic rings. The number of hydrogen-bond acceptors (Lipinski definition) is 2. The van der Waals surface area contributed by atoms with E-state index in [-0.39, 0.29) is 29.2 Å². The lowest BCUT2D eigenvalue weighted by molar-refractivity contribution is -0.128. The first-order valence-electron chi connectivity index (χ1n) is 11.0. The normalized spacial score (nSPS) is 32.8. The highest BCUT2D eigenvalue weighted by molar-refractivity contribution is 5.97. The fourth-order valence-corrected chi connectivity index (χ4v) is 6.51. The van der Waals surface area contributed by atoms with Crippen molar-refractivity contribution < 1.29 is 9.59 Å². The molecule has 5 rings (SSSR count). The van der Waals surface area contributed by atoms with Crippen molar-refractivity contribution in [3.8, 4) is 0 Å². The van der Waals surface area contributed by atoms with Crippen LogP contribution in [0.4, 0.5) is 0 Å². The van der Waals surface area contributed by atoms with E-state index >= 15 is 0 Å². The van der Waals surface area contributed by atoms with E-state index in [4.69, 9.17) is 0 Å². The molecule has 152 valence electrons. The van der Waals surface area contributed by atoms with Crippen LogP contribution in [0.1, 0.15) is 69.7 Å². The van der Waals surface area contributed by atoms with E-state index in [0.29, 0.717) is 5.56 Å². The topological polar surface area (TPSA) is 58.2 Å². The lowest BCUT2D eigenvalue weighted by Crippen LogP contribution is -2.59. The molecular formula is C24H34N2O2. The number of carbonyl (C=O) groups excluding carboxylic acids is 2. The van der Waals surface area contributed by atoms with Gasteiger partial charge in [-0.3, -0.25) is 9.59 Å². The summed E-state index contributed by atoms with van der Waals surface area (Å²) < 4.78 is 0. The Morgan fingerprint density at radius 1 is 0.893 bits per heavy atom. The highest BCUT2D eigenvalue weighted by atomic mass is 16.2. The van der Waals surface area contributed by atoms with Crippen LogP contribution in [-0.4, -0.2) is 23.9 Å². The Balaban J connectivity index is 1.42. The summed E-state index contributed by atoms with van der Waals surface area (Å²) in [6.07, 6.45) is 8.01. The highest BCUT2D eigenvalue weighted by Crippen LogP contribution is 2.61. The van der Waals surface area contributed by atoms with E-state index in [2.05, 4.69) is 17.6 Å². The number of carbonyl (C=O) groups is 2. The van der Waals surface area contributed by atoms with E-state index < -0.39 is 6.04 Å². The highest BCUT2D eigenvalue weighted by Gasteiger charge is 2.53. The van der Waals surface area contributed by atoms with Gasteiger partial charge in [0, 0.05) is 11.6 Å². The molecule has 0 radical (unpaired) electrons. The van der Waals surface area contributed by atoms with E-state index in [0.717, 1.165) is 17.8 Å². The lowest BCUT2D eigenvalue weighted by atomic mass is 9.48. The van der Waals surface area contributed by atoms with Crippen LogP contribution in [0.25, 0.3) is 0 Å². The van der Waals surface area contributed by atoms with Crippen molar-refractivity contribution in [1.29, 1.82) is 0 Å². The summed E-state index contributed by atoms with van der Waals surface area (Å²) in [4.78, 5) is 25.7. The molecule has 4 saturated carbocycles. The van der Waals surface area contributed by atoms with E-state index in [1.165, 1.54) is 38.5 Å². The molecule has 0 saturated heterocycles. The van der Waals surface area contributed by atoms with Crippen molar-refractivity contribution >= 4 is 11.8 Å². The standard InChI is InChI=1S/C24H34N2O2/c1-15(2)21(26-22(27)20-7-5-4-6-8-20)23(28)25-16(3)24-12-17-9-18(13-24)11-19(10-17)14-24/h4-8,15-19,21H,9-14H2,1-3H3,(H,25,28)(H,26,27)/t16?,17?,18?,19?,21-,24?/m1/s1. The molecule has 28 heavy (non-hydrogen) atoms. The van der Waals surface area contributed by atoms with Crippen LogP contribution in [0.3, 0.4) is 0 Å². The molecule has 1 aromatic carbocycles. The average molecular weight is 383 g/mol. The summed E-state index contributed by atoms with van der Waals surface area (Å²) in [5.41, 5.74) is 0.866. The molecule has 0 aliphatic heterocycles. The Morgan fingerprint density at radius 3 is 1.93 bits per heavy atom. The fraction of sp³-hybridized carbons (Fsp3) is 0.667. The van der Waals surface area contributed by atoms with Gasteiger partial charge < -0.3 is 10.6 Å². The molecule has 4 nitrogen and oxygen atoms in total. The predicted molar refractivity (Wildman–Crippen MR) is 111 cm³/mol. The quantitative estimate of drug-likeness (QED) is 0.776. The first-order valence-corrected chi connectivity index (χ1v) is 11.0. The fourth-order valence-electron chi connectivity index (χ4n) is 6.51. The van der Waals surface area contributed by atoms with Crippen LogP contribution in [0.2, 0.25) is 0 Å². The van der Waals surface area contributed by atoms with Gasteiger partial charge in [0.25, 0.3) is 5.91 Å². The maximum atomic E-state index is 13.1. The maximum absolute atomic E-state index is 13.1.